The molecule has 0 bridgehead atoms. The number of nitrogens with two attached hydrogens (primary N) is 1. The fourth-order valence-corrected chi connectivity index (χ4v) is 1.80. The van der Waals surface area contributed by atoms with Crippen molar-refractivity contribution in [1.29, 1.82) is 5.41 Å². The zero-order valence-electron chi connectivity index (χ0n) is 13.4. The molecule has 10 heteroatoms. The van der Waals surface area contributed by atoms with Crippen LogP contribution in [0.4, 0.5) is 5.69 Å². The molecule has 0 aromatic heterocycles. The standard InChI is InChI=1S/C15H17N3O7/c1-7(19)24-11(12(15(22)23)25-8(2)20)14(21)18-10-5-3-9(4-6-10)13(16)17/h3-6,11-12H,1-2H3,(H3,16,17)(H,18,21)(H,22,23)/t11-,12-/m1/s1. The first-order valence-corrected chi connectivity index (χ1v) is 6.94. The lowest BCUT2D eigenvalue weighted by Crippen LogP contribution is -2.47. The molecule has 2 atom stereocenters. The molecule has 1 aromatic carbocycles. The van der Waals surface area contributed by atoms with Gasteiger partial charge in [0.2, 0.25) is 12.2 Å². The molecule has 5 N–H and O–H groups in total. The SMILES string of the molecule is CC(=O)O[C@@H](C(=O)O)[C@@H](OC(C)=O)C(=O)Nc1ccc(C(=N)N)cc1. The summed E-state index contributed by atoms with van der Waals surface area (Å²) < 4.78 is 9.27. The molecule has 0 saturated heterocycles. The molecule has 0 unspecified atom stereocenters. The second-order valence-electron chi connectivity index (χ2n) is 4.88. The van der Waals surface area contributed by atoms with Crippen molar-refractivity contribution in [3.05, 3.63) is 29.8 Å². The molecule has 0 saturated carbocycles. The van der Waals surface area contributed by atoms with Gasteiger partial charge in [-0.1, -0.05) is 0 Å². The van der Waals surface area contributed by atoms with Crippen LogP contribution in [0.25, 0.3) is 0 Å². The smallest absolute Gasteiger partial charge is 0.349 e. The Morgan fingerprint density at radius 1 is 1.04 bits per heavy atom. The van der Waals surface area contributed by atoms with Gasteiger partial charge in [0.1, 0.15) is 5.84 Å². The number of esters is 2. The van der Waals surface area contributed by atoms with E-state index in [1.54, 1.807) is 0 Å². The maximum atomic E-state index is 12.3. The fourth-order valence-electron chi connectivity index (χ4n) is 1.80. The average Bonchev–Trinajstić information content (AvgIpc) is 2.50. The highest BCUT2D eigenvalue weighted by atomic mass is 16.6. The van der Waals surface area contributed by atoms with E-state index in [9.17, 15) is 19.2 Å². The van der Waals surface area contributed by atoms with E-state index in [4.69, 9.17) is 21.0 Å². The van der Waals surface area contributed by atoms with Crippen LogP contribution in [-0.4, -0.2) is 47.0 Å². The van der Waals surface area contributed by atoms with Crippen LogP contribution in [0.15, 0.2) is 24.3 Å². The second-order valence-corrected chi connectivity index (χ2v) is 4.88. The summed E-state index contributed by atoms with van der Waals surface area (Å²) in [5.41, 5.74) is 5.96. The highest BCUT2D eigenvalue weighted by Gasteiger charge is 2.39. The molecule has 0 radical (unpaired) electrons. The first-order chi connectivity index (χ1) is 11.6. The normalized spacial score (nSPS) is 12.4. The molecule has 0 aliphatic rings. The molecule has 25 heavy (non-hydrogen) atoms. The van der Waals surface area contributed by atoms with Crippen LogP contribution in [0.3, 0.4) is 0 Å². The molecular weight excluding hydrogens is 334 g/mol. The Kier molecular flexibility index (Phi) is 6.61. The lowest BCUT2D eigenvalue weighted by Gasteiger charge is -2.22. The summed E-state index contributed by atoms with van der Waals surface area (Å²) in [6.07, 6.45) is -3.88. The molecular formula is C15H17N3O7. The maximum Gasteiger partial charge on any atom is 0.349 e. The molecule has 10 nitrogen and oxygen atoms in total. The van der Waals surface area contributed by atoms with E-state index in [0.29, 0.717) is 5.56 Å². The molecule has 0 aliphatic carbocycles. The van der Waals surface area contributed by atoms with Crippen molar-refractivity contribution in [2.24, 2.45) is 5.73 Å². The number of nitrogens with one attached hydrogen (secondary N) is 2. The number of anilines is 1. The summed E-state index contributed by atoms with van der Waals surface area (Å²) in [6.45, 7) is 1.94. The van der Waals surface area contributed by atoms with Crippen LogP contribution in [0.5, 0.6) is 0 Å². The molecule has 1 rings (SSSR count). The number of aliphatic carboxylic acids is 1. The van der Waals surface area contributed by atoms with Crippen molar-refractivity contribution in [3.63, 3.8) is 0 Å². The van der Waals surface area contributed by atoms with Crippen LogP contribution in [-0.2, 0) is 28.7 Å². The van der Waals surface area contributed by atoms with Crippen molar-refractivity contribution in [1.82, 2.24) is 0 Å². The Morgan fingerprint density at radius 2 is 1.52 bits per heavy atom. The first kappa shape index (κ1) is 19.6. The van der Waals surface area contributed by atoms with E-state index in [2.05, 4.69) is 10.1 Å². The highest BCUT2D eigenvalue weighted by Crippen LogP contribution is 2.13. The molecule has 0 fully saturated rings. The minimum atomic E-state index is -2.00. The zero-order valence-corrected chi connectivity index (χ0v) is 13.4. The number of carboxylic acid groups (broad SMARTS) is 1. The molecule has 1 amide bonds. The largest absolute Gasteiger partial charge is 0.478 e. The maximum absolute atomic E-state index is 12.3. The van der Waals surface area contributed by atoms with Crippen LogP contribution in [0.1, 0.15) is 19.4 Å². The number of benzene rings is 1. The number of amides is 1. The van der Waals surface area contributed by atoms with E-state index in [-0.39, 0.29) is 11.5 Å². The van der Waals surface area contributed by atoms with Crippen molar-refractivity contribution < 1.29 is 33.8 Å². The zero-order chi connectivity index (χ0) is 19.1. The monoisotopic (exact) mass is 351 g/mol. The van der Waals surface area contributed by atoms with Gasteiger partial charge in [-0.05, 0) is 24.3 Å². The highest BCUT2D eigenvalue weighted by molar-refractivity contribution is 6.00. The van der Waals surface area contributed by atoms with Gasteiger partial charge in [0.25, 0.3) is 5.91 Å². The van der Waals surface area contributed by atoms with E-state index in [1.165, 1.54) is 24.3 Å². The lowest BCUT2D eigenvalue weighted by molar-refractivity contribution is -0.179. The summed E-state index contributed by atoms with van der Waals surface area (Å²) in [6, 6.07) is 5.75. The Bertz CT molecular complexity index is 700. The van der Waals surface area contributed by atoms with Crippen LogP contribution >= 0.6 is 0 Å². The summed E-state index contributed by atoms with van der Waals surface area (Å²) in [7, 11) is 0. The predicted molar refractivity (Wildman–Crippen MR) is 84.8 cm³/mol. The van der Waals surface area contributed by atoms with Crippen LogP contribution in [0, 0.1) is 5.41 Å². The number of carbonyl (C=O) groups is 4. The van der Waals surface area contributed by atoms with Gasteiger partial charge in [-0.2, -0.15) is 0 Å². The molecule has 1 aromatic rings. The third-order valence-electron chi connectivity index (χ3n) is 2.83. The number of carbonyl (C=O) groups excluding carboxylic acids is 3. The Labute approximate surface area is 142 Å². The molecule has 0 heterocycles. The third-order valence-corrected chi connectivity index (χ3v) is 2.83. The number of amidine groups is 1. The Morgan fingerprint density at radius 3 is 1.92 bits per heavy atom. The second kappa shape index (κ2) is 8.43. The van der Waals surface area contributed by atoms with Crippen LogP contribution in [0.2, 0.25) is 0 Å². The summed E-state index contributed by atoms with van der Waals surface area (Å²) in [4.78, 5) is 45.7. The van der Waals surface area contributed by atoms with Gasteiger partial charge in [0, 0.05) is 25.1 Å². The number of nitrogen functional groups attached to an aromatic ring is 1. The summed E-state index contributed by atoms with van der Waals surface area (Å²) in [5, 5.41) is 18.8. The van der Waals surface area contributed by atoms with Gasteiger partial charge < -0.3 is 25.6 Å². The van der Waals surface area contributed by atoms with Gasteiger partial charge >= 0.3 is 17.9 Å². The number of hydrogen-bond acceptors (Lipinski definition) is 7. The quantitative estimate of drug-likeness (QED) is 0.299. The lowest BCUT2D eigenvalue weighted by atomic mass is 10.1. The van der Waals surface area contributed by atoms with Gasteiger partial charge in [0.15, 0.2) is 0 Å². The minimum Gasteiger partial charge on any atom is -0.478 e. The Balaban J connectivity index is 3.02. The number of ether oxygens (including phenoxy) is 2. The van der Waals surface area contributed by atoms with Gasteiger partial charge in [-0.3, -0.25) is 19.8 Å². The van der Waals surface area contributed by atoms with Crippen molar-refractivity contribution >= 4 is 35.3 Å². The van der Waals surface area contributed by atoms with Crippen molar-refractivity contribution in [2.45, 2.75) is 26.1 Å². The van der Waals surface area contributed by atoms with Crippen molar-refractivity contribution in [2.75, 3.05) is 5.32 Å². The van der Waals surface area contributed by atoms with Crippen molar-refractivity contribution in [3.8, 4) is 0 Å². The number of carboxylic acids is 1. The van der Waals surface area contributed by atoms with E-state index in [1.807, 2.05) is 0 Å². The van der Waals surface area contributed by atoms with E-state index < -0.39 is 36.0 Å². The third kappa shape index (κ3) is 5.94. The number of hydrogen-bond donors (Lipinski definition) is 4. The van der Waals surface area contributed by atoms with Gasteiger partial charge in [0.05, 0.1) is 0 Å². The Hall–Kier alpha value is -3.43. The van der Waals surface area contributed by atoms with Crippen LogP contribution < -0.4 is 11.1 Å². The van der Waals surface area contributed by atoms with E-state index in [0.717, 1.165) is 13.8 Å². The first-order valence-electron chi connectivity index (χ1n) is 6.94. The minimum absolute atomic E-state index is 0.170. The number of rotatable bonds is 7. The molecule has 0 aliphatic heterocycles. The molecule has 0 spiro atoms. The predicted octanol–water partition coefficient (Wildman–Crippen LogP) is -0.143. The van der Waals surface area contributed by atoms with Gasteiger partial charge in [-0.25, -0.2) is 4.79 Å². The van der Waals surface area contributed by atoms with Gasteiger partial charge in [-0.15, -0.1) is 0 Å². The van der Waals surface area contributed by atoms with E-state index >= 15 is 0 Å². The topological polar surface area (TPSA) is 169 Å². The average molecular weight is 351 g/mol. The molecule has 134 valence electrons. The summed E-state index contributed by atoms with van der Waals surface area (Å²) in [5.74, 6) is -4.70. The summed E-state index contributed by atoms with van der Waals surface area (Å²) >= 11 is 0. The fraction of sp³-hybridized carbons (Fsp3) is 0.267.